The molecule has 1 saturated heterocycles. The Hall–Kier alpha value is -0.0300. The molecular formula is C14H31Cl2N3O. The van der Waals surface area contributed by atoms with Gasteiger partial charge in [-0.2, -0.15) is 0 Å². The zero-order valence-corrected chi connectivity index (χ0v) is 14.9. The molecule has 0 bridgehead atoms. The SMILES string of the molecule is CCCC(C)(N)C(=O)N(C)CC1CCCN(C)C1.Cl.Cl. The average Bonchev–Trinajstić information content (AvgIpc) is 2.27. The highest BCUT2D eigenvalue weighted by Crippen LogP contribution is 2.18. The maximum absolute atomic E-state index is 12.3. The Morgan fingerprint density at radius 2 is 2.05 bits per heavy atom. The summed E-state index contributed by atoms with van der Waals surface area (Å²) in [5.41, 5.74) is 5.40. The van der Waals surface area contributed by atoms with Crippen LogP contribution in [0.4, 0.5) is 0 Å². The zero-order valence-electron chi connectivity index (χ0n) is 13.2. The molecule has 122 valence electrons. The van der Waals surface area contributed by atoms with Gasteiger partial charge in [-0.1, -0.05) is 13.3 Å². The second-order valence-electron chi connectivity index (χ2n) is 6.12. The van der Waals surface area contributed by atoms with Crippen LogP contribution in [0.3, 0.4) is 0 Å². The molecule has 0 aromatic heterocycles. The van der Waals surface area contributed by atoms with Crippen LogP contribution in [-0.4, -0.2) is 55.0 Å². The van der Waals surface area contributed by atoms with Crippen LogP contribution < -0.4 is 5.73 Å². The fourth-order valence-corrected chi connectivity index (χ4v) is 2.95. The maximum Gasteiger partial charge on any atom is 0.242 e. The number of hydrogen-bond acceptors (Lipinski definition) is 3. The first-order chi connectivity index (χ1) is 8.36. The van der Waals surface area contributed by atoms with Crippen LogP contribution in [0.25, 0.3) is 0 Å². The first-order valence-electron chi connectivity index (χ1n) is 7.09. The van der Waals surface area contributed by atoms with E-state index in [-0.39, 0.29) is 30.7 Å². The highest BCUT2D eigenvalue weighted by atomic mass is 35.5. The van der Waals surface area contributed by atoms with E-state index in [0.29, 0.717) is 5.92 Å². The number of nitrogens with two attached hydrogens (primary N) is 1. The molecule has 4 nitrogen and oxygen atoms in total. The van der Waals surface area contributed by atoms with Crippen LogP contribution in [0.2, 0.25) is 0 Å². The molecule has 2 N–H and O–H groups in total. The monoisotopic (exact) mass is 327 g/mol. The number of likely N-dealkylation sites (N-methyl/N-ethyl adjacent to an activating group) is 1. The minimum atomic E-state index is -0.704. The maximum atomic E-state index is 12.3. The molecule has 2 atom stereocenters. The van der Waals surface area contributed by atoms with Gasteiger partial charge < -0.3 is 15.5 Å². The van der Waals surface area contributed by atoms with Gasteiger partial charge in [0.2, 0.25) is 5.91 Å². The fourth-order valence-electron chi connectivity index (χ4n) is 2.95. The summed E-state index contributed by atoms with van der Waals surface area (Å²) in [6.45, 7) is 7.02. The van der Waals surface area contributed by atoms with Gasteiger partial charge in [0.1, 0.15) is 0 Å². The number of amides is 1. The Bertz CT molecular complexity index is 288. The van der Waals surface area contributed by atoms with Gasteiger partial charge in [0.15, 0.2) is 0 Å². The Morgan fingerprint density at radius 3 is 2.55 bits per heavy atom. The van der Waals surface area contributed by atoms with Crippen molar-refractivity contribution in [1.82, 2.24) is 9.80 Å². The summed E-state index contributed by atoms with van der Waals surface area (Å²) in [4.78, 5) is 16.5. The molecule has 0 aliphatic carbocycles. The second-order valence-corrected chi connectivity index (χ2v) is 6.12. The summed E-state index contributed by atoms with van der Waals surface area (Å²) in [5.74, 6) is 0.674. The van der Waals surface area contributed by atoms with Crippen LogP contribution >= 0.6 is 24.8 Å². The van der Waals surface area contributed by atoms with E-state index in [4.69, 9.17) is 5.73 Å². The molecule has 2 unspecified atom stereocenters. The van der Waals surface area contributed by atoms with E-state index in [9.17, 15) is 4.79 Å². The number of nitrogens with zero attached hydrogens (tertiary/aromatic N) is 2. The van der Waals surface area contributed by atoms with Gasteiger partial charge in [0, 0.05) is 20.1 Å². The van der Waals surface area contributed by atoms with Crippen LogP contribution in [0, 0.1) is 5.92 Å². The lowest BCUT2D eigenvalue weighted by molar-refractivity contribution is -0.136. The summed E-state index contributed by atoms with van der Waals surface area (Å²) < 4.78 is 0. The van der Waals surface area contributed by atoms with Gasteiger partial charge in [-0.05, 0) is 45.7 Å². The second kappa shape index (κ2) is 9.82. The molecule has 6 heteroatoms. The molecule has 1 rings (SSSR count). The van der Waals surface area contributed by atoms with Crippen molar-refractivity contribution in [1.29, 1.82) is 0 Å². The molecule has 1 amide bonds. The zero-order chi connectivity index (χ0) is 13.8. The Labute approximate surface area is 136 Å². The summed E-state index contributed by atoms with van der Waals surface area (Å²) in [5, 5.41) is 0. The smallest absolute Gasteiger partial charge is 0.242 e. The number of likely N-dealkylation sites (tertiary alicyclic amines) is 1. The highest BCUT2D eigenvalue weighted by Gasteiger charge is 2.31. The van der Waals surface area contributed by atoms with Gasteiger partial charge in [-0.15, -0.1) is 24.8 Å². The van der Waals surface area contributed by atoms with Gasteiger partial charge in [-0.25, -0.2) is 0 Å². The van der Waals surface area contributed by atoms with Crippen molar-refractivity contribution in [3.05, 3.63) is 0 Å². The molecule has 1 fully saturated rings. The van der Waals surface area contributed by atoms with Crippen molar-refractivity contribution in [3.8, 4) is 0 Å². The normalized spacial score (nSPS) is 22.1. The lowest BCUT2D eigenvalue weighted by Crippen LogP contribution is -2.53. The van der Waals surface area contributed by atoms with Crippen LogP contribution in [0.15, 0.2) is 0 Å². The molecule has 1 aliphatic heterocycles. The Kier molecular flexibility index (Phi) is 10.9. The van der Waals surface area contributed by atoms with E-state index in [1.165, 1.54) is 19.4 Å². The van der Waals surface area contributed by atoms with E-state index in [2.05, 4.69) is 18.9 Å². The molecule has 0 spiro atoms. The number of halogens is 2. The predicted molar refractivity (Wildman–Crippen MR) is 89.9 cm³/mol. The first-order valence-corrected chi connectivity index (χ1v) is 7.09. The quantitative estimate of drug-likeness (QED) is 0.841. The van der Waals surface area contributed by atoms with E-state index in [0.717, 1.165) is 25.9 Å². The van der Waals surface area contributed by atoms with Gasteiger partial charge in [0.25, 0.3) is 0 Å². The number of carbonyl (C=O) groups excluding carboxylic acids is 1. The molecule has 20 heavy (non-hydrogen) atoms. The minimum absolute atomic E-state index is 0. The third kappa shape index (κ3) is 6.61. The lowest BCUT2D eigenvalue weighted by Gasteiger charge is -2.35. The number of piperidine rings is 1. The largest absolute Gasteiger partial charge is 0.344 e. The summed E-state index contributed by atoms with van der Waals surface area (Å²) in [6, 6.07) is 0. The first kappa shape index (κ1) is 22.3. The van der Waals surface area contributed by atoms with E-state index in [1.807, 2.05) is 18.9 Å². The average molecular weight is 328 g/mol. The van der Waals surface area contributed by atoms with Crippen LogP contribution in [0.1, 0.15) is 39.5 Å². The molecule has 1 heterocycles. The summed E-state index contributed by atoms with van der Waals surface area (Å²) in [6.07, 6.45) is 4.15. The molecule has 0 radical (unpaired) electrons. The molecule has 1 aliphatic rings. The topological polar surface area (TPSA) is 49.6 Å². The molecule has 0 saturated carbocycles. The van der Waals surface area contributed by atoms with Crippen molar-refractivity contribution in [2.75, 3.05) is 33.7 Å². The summed E-state index contributed by atoms with van der Waals surface area (Å²) >= 11 is 0. The molecule has 0 aromatic rings. The Balaban J connectivity index is 0. The molecular weight excluding hydrogens is 297 g/mol. The highest BCUT2D eigenvalue weighted by molar-refractivity contribution is 5.86. The van der Waals surface area contributed by atoms with Crippen molar-refractivity contribution in [2.24, 2.45) is 11.7 Å². The number of rotatable bonds is 5. The van der Waals surface area contributed by atoms with Crippen molar-refractivity contribution >= 4 is 30.7 Å². The lowest BCUT2D eigenvalue weighted by atomic mass is 9.94. The van der Waals surface area contributed by atoms with Crippen molar-refractivity contribution in [2.45, 2.75) is 45.1 Å². The van der Waals surface area contributed by atoms with Gasteiger partial charge in [-0.3, -0.25) is 4.79 Å². The van der Waals surface area contributed by atoms with E-state index in [1.54, 1.807) is 0 Å². The van der Waals surface area contributed by atoms with E-state index < -0.39 is 5.54 Å². The third-order valence-electron chi connectivity index (χ3n) is 3.86. The molecule has 0 aromatic carbocycles. The van der Waals surface area contributed by atoms with E-state index >= 15 is 0 Å². The third-order valence-corrected chi connectivity index (χ3v) is 3.86. The van der Waals surface area contributed by atoms with Crippen molar-refractivity contribution < 1.29 is 4.79 Å². The fraction of sp³-hybridized carbons (Fsp3) is 0.929. The number of hydrogen-bond donors (Lipinski definition) is 1. The predicted octanol–water partition coefficient (Wildman–Crippen LogP) is 2.15. The van der Waals surface area contributed by atoms with Crippen LogP contribution in [-0.2, 0) is 4.79 Å². The summed E-state index contributed by atoms with van der Waals surface area (Å²) in [7, 11) is 4.04. The minimum Gasteiger partial charge on any atom is -0.344 e. The van der Waals surface area contributed by atoms with Crippen molar-refractivity contribution in [3.63, 3.8) is 0 Å². The standard InChI is InChI=1S/C14H29N3O.2ClH/c1-5-8-14(2,15)13(18)17(4)11-12-7-6-9-16(3)10-12;;/h12H,5-11,15H2,1-4H3;2*1H. The Morgan fingerprint density at radius 1 is 1.45 bits per heavy atom. The van der Waals surface area contributed by atoms with Gasteiger partial charge >= 0.3 is 0 Å². The van der Waals surface area contributed by atoms with Gasteiger partial charge in [0.05, 0.1) is 5.54 Å². The number of carbonyl (C=O) groups is 1. The van der Waals surface area contributed by atoms with Crippen LogP contribution in [0.5, 0.6) is 0 Å².